The summed E-state index contributed by atoms with van der Waals surface area (Å²) in [6.45, 7) is 49.5. The summed E-state index contributed by atoms with van der Waals surface area (Å²) < 4.78 is 34.0. The largest absolute Gasteiger partial charge is 0.375 e. The Morgan fingerprint density at radius 2 is 0.889 bits per heavy atom. The van der Waals surface area contributed by atoms with Gasteiger partial charge >= 0.3 is 0 Å². The van der Waals surface area contributed by atoms with E-state index < -0.39 is 0 Å². The van der Waals surface area contributed by atoms with Gasteiger partial charge in [0.1, 0.15) is 17.4 Å². The van der Waals surface area contributed by atoms with E-state index in [-0.39, 0.29) is 33.8 Å². The number of hydrogen-bond donors (Lipinski definition) is 0. The van der Waals surface area contributed by atoms with E-state index in [0.717, 1.165) is 55.4 Å². The van der Waals surface area contributed by atoms with Crippen LogP contribution < -0.4 is 0 Å². The summed E-state index contributed by atoms with van der Waals surface area (Å²) in [6.07, 6.45) is 12.1. The van der Waals surface area contributed by atoms with E-state index in [1.807, 2.05) is 12.1 Å². The first-order valence-corrected chi connectivity index (χ1v) is 35.3. The number of ether oxygens (including phenoxy) is 1. The lowest BCUT2D eigenvalue weighted by Gasteiger charge is -2.34. The van der Waals surface area contributed by atoms with Gasteiger partial charge in [-0.1, -0.05) is 251 Å². The lowest BCUT2D eigenvalue weighted by atomic mass is 9.72. The number of aryl methyl sites for hydroxylation is 3. The molecule has 2 nitrogen and oxygen atoms in total. The van der Waals surface area contributed by atoms with Crippen LogP contribution in [0, 0.1) is 56.0 Å². The van der Waals surface area contributed by atoms with Gasteiger partial charge in [0.2, 0.25) is 0 Å². The molecule has 0 aromatic heterocycles. The molecule has 12 rings (SSSR count). The number of carbonyl (C=O) groups excluding carboxylic acids is 1. The zero-order chi connectivity index (χ0) is 66.6. The van der Waals surface area contributed by atoms with Gasteiger partial charge < -0.3 is 4.74 Å². The third kappa shape index (κ3) is 17.9. The highest BCUT2D eigenvalue weighted by Gasteiger charge is 2.44. The minimum absolute atomic E-state index is 0.0140. The Bertz CT molecular complexity index is 3270. The van der Waals surface area contributed by atoms with Gasteiger partial charge in [-0.05, 0) is 244 Å². The Morgan fingerprint density at radius 3 is 1.37 bits per heavy atom. The Hall–Kier alpha value is -4.71. The molecule has 6 aliphatic rings. The third-order valence-electron chi connectivity index (χ3n) is 20.7. The van der Waals surface area contributed by atoms with Gasteiger partial charge in [-0.15, -0.1) is 0 Å². The highest BCUT2D eigenvalue weighted by atomic mass is 79.9. The minimum atomic E-state index is -0.0988. The number of fused-ring (bicyclic) bond motifs is 6. The molecule has 9 unspecified atom stereocenters. The number of hydrogen-bond acceptors (Lipinski definition) is 2. The molecule has 9 atom stereocenters. The van der Waals surface area contributed by atoms with Crippen molar-refractivity contribution >= 4 is 21.7 Å². The second-order valence-corrected chi connectivity index (χ2v) is 35.1. The van der Waals surface area contributed by atoms with Crippen molar-refractivity contribution in [2.24, 2.45) is 44.3 Å². The summed E-state index contributed by atoms with van der Waals surface area (Å²) in [5.74, 6) is 4.61. The molecule has 6 aromatic carbocycles. The lowest BCUT2D eigenvalue weighted by Crippen LogP contribution is -2.30. The highest BCUT2D eigenvalue weighted by Crippen LogP contribution is 2.52. The number of halogens is 3. The zero-order valence-corrected chi connectivity index (χ0v) is 61.5. The van der Waals surface area contributed by atoms with Crippen LogP contribution in [0.15, 0.2) is 132 Å². The number of benzene rings is 6. The van der Waals surface area contributed by atoms with Gasteiger partial charge in [0.25, 0.3) is 0 Å². The molecule has 0 heterocycles. The van der Waals surface area contributed by atoms with Gasteiger partial charge in [0, 0.05) is 16.3 Å². The first-order chi connectivity index (χ1) is 41.8. The van der Waals surface area contributed by atoms with E-state index in [2.05, 4.69) is 258 Å². The van der Waals surface area contributed by atoms with Crippen LogP contribution >= 0.6 is 15.9 Å². The normalized spacial score (nSPS) is 22.9. The smallest absolute Gasteiger partial charge is 0.133 e. The molecular formula is C85H117BrF2O2. The average Bonchev–Trinajstić information content (AvgIpc) is 1.79. The fraction of sp³-hybridized carbons (Fsp3) is 0.565. The molecule has 0 saturated carbocycles. The molecule has 6 aliphatic carbocycles. The maximum absolute atomic E-state index is 13.7. The van der Waals surface area contributed by atoms with E-state index in [0.29, 0.717) is 57.9 Å². The highest BCUT2D eigenvalue weighted by molar-refractivity contribution is 9.10. The van der Waals surface area contributed by atoms with Crippen LogP contribution in [0.5, 0.6) is 0 Å². The van der Waals surface area contributed by atoms with E-state index in [1.165, 1.54) is 75.5 Å². The third-order valence-corrected chi connectivity index (χ3v) is 21.2. The van der Waals surface area contributed by atoms with Crippen LogP contribution in [0.4, 0.5) is 8.78 Å². The average molecular weight is 1290 g/mol. The van der Waals surface area contributed by atoms with Crippen LogP contribution in [0.2, 0.25) is 0 Å². The Labute approximate surface area is 555 Å². The fourth-order valence-corrected chi connectivity index (χ4v) is 17.2. The lowest BCUT2D eigenvalue weighted by molar-refractivity contribution is -0.122. The predicted molar refractivity (Wildman–Crippen MR) is 383 cm³/mol. The van der Waals surface area contributed by atoms with Gasteiger partial charge in [0.15, 0.2) is 0 Å². The van der Waals surface area contributed by atoms with Crippen molar-refractivity contribution < 1.29 is 18.3 Å². The van der Waals surface area contributed by atoms with Crippen LogP contribution in [-0.2, 0) is 48.1 Å². The standard InChI is InChI=1S/C16H24O.C15H20O.C15H22.C13H17Br.2C13H17F/c1-11(2)17-14-10-12-8-6-7-9-13(12)15(14)16(3,4)5;1-10(16)13-9-11-7-5-6-8-12(11)14(13)15(2,3)4;1-5-11-10-12-8-6-7-9-13(12)14(11)15(2,3)4;2*1-13(2,3)12-7-4-9-8-10(14)5-6-11(9)12;1-13(2,3)10-8-7-9-5-4-6-11(14)12(9)10/h6-9,11,14-15H,10H2,1-5H3;5-8,13-14H,9H2,1-4H3;6-9,11,14H,5,10H2,1-4H3;2*5-6,8,12H,4,7H2,1-3H3;4-6,10H,7-8H2,1-3H3. The van der Waals surface area contributed by atoms with Crippen molar-refractivity contribution in [1.29, 1.82) is 0 Å². The molecule has 0 fully saturated rings. The minimum Gasteiger partial charge on any atom is -0.375 e. The van der Waals surface area contributed by atoms with E-state index >= 15 is 0 Å². The first-order valence-electron chi connectivity index (χ1n) is 34.5. The molecule has 0 bridgehead atoms. The van der Waals surface area contributed by atoms with Crippen molar-refractivity contribution in [1.82, 2.24) is 0 Å². The van der Waals surface area contributed by atoms with Crippen LogP contribution in [-0.4, -0.2) is 18.0 Å². The summed E-state index contributed by atoms with van der Waals surface area (Å²) >= 11 is 3.54. The number of ketones is 1. The molecule has 0 aliphatic heterocycles. The van der Waals surface area contributed by atoms with Crippen molar-refractivity contribution in [2.75, 3.05) is 0 Å². The van der Waals surface area contributed by atoms with E-state index in [9.17, 15) is 13.6 Å². The molecule has 490 valence electrons. The molecule has 5 heteroatoms. The number of carbonyl (C=O) groups is 1. The predicted octanol–water partition coefficient (Wildman–Crippen LogP) is 24.5. The summed E-state index contributed by atoms with van der Waals surface area (Å²) in [5.41, 5.74) is 18.5. The van der Waals surface area contributed by atoms with Gasteiger partial charge in [0.05, 0.1) is 12.2 Å². The van der Waals surface area contributed by atoms with Crippen LogP contribution in [0.3, 0.4) is 0 Å². The van der Waals surface area contributed by atoms with E-state index in [1.54, 1.807) is 47.4 Å². The molecule has 90 heavy (non-hydrogen) atoms. The van der Waals surface area contributed by atoms with Crippen molar-refractivity contribution in [2.45, 2.75) is 264 Å². The fourth-order valence-electron chi connectivity index (χ4n) is 16.8. The number of Topliss-reactive ketones (excluding diaryl/α,β-unsaturated/α-hetero) is 1. The van der Waals surface area contributed by atoms with Crippen molar-refractivity contribution in [3.8, 4) is 0 Å². The molecule has 0 spiro atoms. The molecule has 0 N–H and O–H groups in total. The maximum Gasteiger partial charge on any atom is 0.133 e. The van der Waals surface area contributed by atoms with Crippen LogP contribution in [0.25, 0.3) is 0 Å². The quantitative estimate of drug-likeness (QED) is 0.176. The second kappa shape index (κ2) is 29.3. The summed E-state index contributed by atoms with van der Waals surface area (Å²) in [5, 5.41) is 0. The molecule has 6 aromatic rings. The second-order valence-electron chi connectivity index (χ2n) is 34.2. The summed E-state index contributed by atoms with van der Waals surface area (Å²) in [4.78, 5) is 11.8. The van der Waals surface area contributed by atoms with Crippen LogP contribution in [0.1, 0.15) is 280 Å². The molecular weight excluding hydrogens is 1170 g/mol. The number of rotatable bonds is 4. The van der Waals surface area contributed by atoms with Crippen molar-refractivity contribution in [3.63, 3.8) is 0 Å². The van der Waals surface area contributed by atoms with Gasteiger partial charge in [-0.3, -0.25) is 4.79 Å². The maximum atomic E-state index is 13.7. The summed E-state index contributed by atoms with van der Waals surface area (Å²) in [6, 6.07) is 43.8. The van der Waals surface area contributed by atoms with E-state index in [4.69, 9.17) is 4.74 Å². The Kier molecular flexibility index (Phi) is 23.7. The molecule has 0 amide bonds. The molecule has 0 radical (unpaired) electrons. The molecule has 0 saturated heterocycles. The summed E-state index contributed by atoms with van der Waals surface area (Å²) in [7, 11) is 0. The van der Waals surface area contributed by atoms with Crippen molar-refractivity contribution in [3.05, 3.63) is 210 Å². The zero-order valence-electron chi connectivity index (χ0n) is 59.9. The van der Waals surface area contributed by atoms with Gasteiger partial charge in [-0.2, -0.15) is 0 Å². The Morgan fingerprint density at radius 1 is 0.467 bits per heavy atom. The Balaban J connectivity index is 0.000000154. The SMILES string of the molecule is CC(=O)C1Cc2ccccc2C1C(C)(C)C.CC(C)(C)C1CCc2cc(Br)ccc21.CC(C)(C)C1CCc2cc(F)ccc21.CC(C)(C)C1CCc2cccc(F)c21.CC(C)OC1Cc2ccccc2C1C(C)(C)C.CCC1Cc2ccccc2C1C(C)(C)C. The monoisotopic (exact) mass is 1290 g/mol. The topological polar surface area (TPSA) is 26.3 Å². The first kappa shape index (κ1) is 72.7. The van der Waals surface area contributed by atoms with Gasteiger partial charge in [-0.25, -0.2) is 8.78 Å².